The molecule has 2 saturated carbocycles. The van der Waals surface area contributed by atoms with E-state index in [-0.39, 0.29) is 17.9 Å². The summed E-state index contributed by atoms with van der Waals surface area (Å²) >= 11 is 0. The normalized spacial score (nSPS) is 42.2. The lowest BCUT2D eigenvalue weighted by Crippen LogP contribution is -2.58. The zero-order valence-corrected chi connectivity index (χ0v) is 15.6. The molecule has 0 aromatic carbocycles. The molecule has 3 N–H and O–H groups in total. The van der Waals surface area contributed by atoms with E-state index in [0.29, 0.717) is 17.8 Å². The molecule has 0 heterocycles. The zero-order chi connectivity index (χ0) is 17.5. The molecule has 0 bridgehead atoms. The Morgan fingerprint density at radius 1 is 1.17 bits per heavy atom. The number of rotatable bonds is 4. The molecule has 0 aliphatic heterocycles. The van der Waals surface area contributed by atoms with E-state index in [9.17, 15) is 10.2 Å². The molecule has 2 fully saturated rings. The summed E-state index contributed by atoms with van der Waals surface area (Å²) in [5, 5.41) is 30.7. The second-order valence-corrected chi connectivity index (χ2v) is 9.23. The van der Waals surface area contributed by atoms with Crippen molar-refractivity contribution in [3.63, 3.8) is 0 Å². The van der Waals surface area contributed by atoms with Crippen LogP contribution in [-0.2, 0) is 0 Å². The van der Waals surface area contributed by atoms with Crippen molar-refractivity contribution < 1.29 is 15.3 Å². The van der Waals surface area contributed by atoms with Gasteiger partial charge in [-0.05, 0) is 74.2 Å². The van der Waals surface area contributed by atoms with Gasteiger partial charge in [-0.3, -0.25) is 0 Å². The van der Waals surface area contributed by atoms with Gasteiger partial charge >= 0.3 is 0 Å². The molecule has 0 saturated heterocycles. The van der Waals surface area contributed by atoms with Gasteiger partial charge in [0.2, 0.25) is 0 Å². The lowest BCUT2D eigenvalue weighted by molar-refractivity contribution is -0.174. The first kappa shape index (κ1) is 19.0. The quantitative estimate of drug-likeness (QED) is 0.692. The first-order valence-electron chi connectivity index (χ1n) is 9.22. The first-order valence-corrected chi connectivity index (χ1v) is 9.22. The van der Waals surface area contributed by atoms with E-state index in [0.717, 1.165) is 24.8 Å². The van der Waals surface area contributed by atoms with E-state index in [4.69, 9.17) is 5.11 Å². The van der Waals surface area contributed by atoms with E-state index < -0.39 is 11.7 Å². The molecule has 2 aliphatic carbocycles. The number of aliphatic hydroxyl groups is 3. The maximum absolute atomic E-state index is 11.1. The van der Waals surface area contributed by atoms with Crippen LogP contribution >= 0.6 is 0 Å². The van der Waals surface area contributed by atoms with Crippen molar-refractivity contribution in [3.05, 3.63) is 11.6 Å². The minimum Gasteiger partial charge on any atom is -0.392 e. The molecule has 3 nitrogen and oxygen atoms in total. The summed E-state index contributed by atoms with van der Waals surface area (Å²) in [6.07, 6.45) is 7.16. The Morgan fingerprint density at radius 2 is 1.83 bits per heavy atom. The van der Waals surface area contributed by atoms with Crippen LogP contribution in [0, 0.1) is 22.7 Å². The minimum absolute atomic E-state index is 0.0448. The third-order valence-electron chi connectivity index (χ3n) is 7.16. The van der Waals surface area contributed by atoms with Crippen molar-refractivity contribution in [1.29, 1.82) is 0 Å². The lowest BCUT2D eigenvalue weighted by atomic mass is 9.45. The summed E-state index contributed by atoms with van der Waals surface area (Å²) in [7, 11) is 0. The maximum atomic E-state index is 11.1. The summed E-state index contributed by atoms with van der Waals surface area (Å²) in [4.78, 5) is 0. The second kappa shape index (κ2) is 6.50. The largest absolute Gasteiger partial charge is 0.392 e. The van der Waals surface area contributed by atoms with Crippen LogP contribution in [0.25, 0.3) is 0 Å². The van der Waals surface area contributed by atoms with Gasteiger partial charge < -0.3 is 15.3 Å². The highest BCUT2D eigenvalue weighted by molar-refractivity contribution is 5.11. The van der Waals surface area contributed by atoms with Gasteiger partial charge in [0.25, 0.3) is 0 Å². The van der Waals surface area contributed by atoms with Gasteiger partial charge in [0.1, 0.15) is 0 Å². The molecule has 2 rings (SSSR count). The summed E-state index contributed by atoms with van der Waals surface area (Å²) in [6.45, 7) is 10.9. The number of aliphatic hydroxyl groups excluding tert-OH is 2. The maximum Gasteiger partial charge on any atom is 0.0752 e. The smallest absolute Gasteiger partial charge is 0.0752 e. The summed E-state index contributed by atoms with van der Waals surface area (Å²) in [6, 6.07) is 0. The second-order valence-electron chi connectivity index (χ2n) is 9.23. The Kier molecular flexibility index (Phi) is 5.35. The van der Waals surface area contributed by atoms with Gasteiger partial charge in [-0.1, -0.05) is 33.3 Å². The van der Waals surface area contributed by atoms with E-state index in [1.807, 2.05) is 13.8 Å². The highest BCUT2D eigenvalue weighted by Gasteiger charge is 2.58. The van der Waals surface area contributed by atoms with Crippen LogP contribution < -0.4 is 0 Å². The predicted octanol–water partition coefficient (Wildman–Crippen LogP) is 3.67. The molecule has 0 aromatic heterocycles. The molecule has 23 heavy (non-hydrogen) atoms. The van der Waals surface area contributed by atoms with Crippen LogP contribution in [0.3, 0.4) is 0 Å². The third kappa shape index (κ3) is 3.52. The lowest BCUT2D eigenvalue weighted by Gasteiger charge is -2.61. The Balaban J connectivity index is 2.31. The molecular formula is C20H36O3. The Bertz CT molecular complexity index is 452. The molecule has 0 unspecified atom stereocenters. The van der Waals surface area contributed by atoms with Gasteiger partial charge in [0.15, 0.2) is 0 Å². The zero-order valence-electron chi connectivity index (χ0n) is 15.6. The van der Waals surface area contributed by atoms with Crippen molar-refractivity contribution in [3.8, 4) is 0 Å². The van der Waals surface area contributed by atoms with Crippen molar-refractivity contribution in [2.24, 2.45) is 22.7 Å². The average Bonchev–Trinajstić information content (AvgIpc) is 2.41. The first-order chi connectivity index (χ1) is 10.5. The molecule has 0 spiro atoms. The van der Waals surface area contributed by atoms with Gasteiger partial charge in [-0.25, -0.2) is 0 Å². The van der Waals surface area contributed by atoms with Crippen molar-refractivity contribution in [1.82, 2.24) is 0 Å². The molecule has 0 aromatic rings. The minimum atomic E-state index is -0.723. The van der Waals surface area contributed by atoms with Gasteiger partial charge in [-0.15, -0.1) is 0 Å². The number of fused-ring (bicyclic) bond motifs is 1. The molecule has 5 atom stereocenters. The third-order valence-corrected chi connectivity index (χ3v) is 7.16. The fourth-order valence-corrected chi connectivity index (χ4v) is 5.84. The molecule has 0 amide bonds. The molecule has 0 radical (unpaired) electrons. The van der Waals surface area contributed by atoms with E-state index >= 15 is 0 Å². The predicted molar refractivity (Wildman–Crippen MR) is 94.0 cm³/mol. The summed E-state index contributed by atoms with van der Waals surface area (Å²) in [5.41, 5.74) is 0.468. The monoisotopic (exact) mass is 324 g/mol. The Hall–Kier alpha value is -0.380. The average molecular weight is 325 g/mol. The standard InChI is InChI=1S/C20H36O3/c1-14(8-12-21)15(22)13-17-19(4)10-6-9-18(2,3)16(19)7-11-20(17,5)23/h8,15-17,21-23H,6-7,9-13H2,1-5H3/b14-8+/t15-,16+,17+,19-,20+/m0/s1. The van der Waals surface area contributed by atoms with Crippen molar-refractivity contribution in [2.45, 2.75) is 84.8 Å². The van der Waals surface area contributed by atoms with Crippen LogP contribution in [0.1, 0.15) is 73.1 Å². The van der Waals surface area contributed by atoms with Gasteiger partial charge in [0.05, 0.1) is 18.3 Å². The SMILES string of the molecule is C/C(=C\CO)[C@@H](O)C[C@@H]1[C@@]2(C)CCCC(C)(C)[C@H]2CC[C@@]1(C)O. The van der Waals surface area contributed by atoms with Gasteiger partial charge in [0, 0.05) is 0 Å². The van der Waals surface area contributed by atoms with E-state index in [2.05, 4.69) is 20.8 Å². The molecular weight excluding hydrogens is 288 g/mol. The van der Waals surface area contributed by atoms with E-state index in [1.165, 1.54) is 12.8 Å². The molecule has 134 valence electrons. The fraction of sp³-hybridized carbons (Fsp3) is 0.900. The Morgan fingerprint density at radius 3 is 2.43 bits per heavy atom. The van der Waals surface area contributed by atoms with Crippen LogP contribution in [0.5, 0.6) is 0 Å². The topological polar surface area (TPSA) is 60.7 Å². The van der Waals surface area contributed by atoms with Crippen molar-refractivity contribution >= 4 is 0 Å². The Labute approximate surface area is 141 Å². The van der Waals surface area contributed by atoms with E-state index in [1.54, 1.807) is 6.08 Å². The van der Waals surface area contributed by atoms with Crippen LogP contribution in [0.15, 0.2) is 11.6 Å². The summed E-state index contributed by atoms with van der Waals surface area (Å²) < 4.78 is 0. The highest BCUT2D eigenvalue weighted by atomic mass is 16.3. The summed E-state index contributed by atoms with van der Waals surface area (Å²) in [5.74, 6) is 0.689. The fourth-order valence-electron chi connectivity index (χ4n) is 5.84. The number of hydrogen-bond donors (Lipinski definition) is 3. The highest BCUT2D eigenvalue weighted by Crippen LogP contribution is 2.62. The molecule has 3 heteroatoms. The molecule has 2 aliphatic rings. The van der Waals surface area contributed by atoms with Crippen molar-refractivity contribution in [2.75, 3.05) is 6.61 Å². The van der Waals surface area contributed by atoms with Crippen LogP contribution in [0.2, 0.25) is 0 Å². The van der Waals surface area contributed by atoms with Gasteiger partial charge in [-0.2, -0.15) is 0 Å². The number of hydrogen-bond acceptors (Lipinski definition) is 3. The van der Waals surface area contributed by atoms with Crippen LogP contribution in [-0.4, -0.2) is 33.6 Å². The van der Waals surface area contributed by atoms with Crippen LogP contribution in [0.4, 0.5) is 0 Å².